The Kier molecular flexibility index (Phi) is 6.06. The molecule has 6 nitrogen and oxygen atoms in total. The van der Waals surface area contributed by atoms with Gasteiger partial charge in [0.2, 0.25) is 0 Å². The number of urea groups is 1. The lowest BCUT2D eigenvalue weighted by Gasteiger charge is -2.41. The van der Waals surface area contributed by atoms with E-state index < -0.39 is 0 Å². The highest BCUT2D eigenvalue weighted by atomic mass is 16.5. The molecule has 0 aromatic rings. The predicted molar refractivity (Wildman–Crippen MR) is 78.7 cm³/mol. The van der Waals surface area contributed by atoms with E-state index in [0.29, 0.717) is 19.3 Å². The van der Waals surface area contributed by atoms with Gasteiger partial charge in [0.05, 0.1) is 13.2 Å². The molecule has 0 bridgehead atoms. The predicted octanol–water partition coefficient (Wildman–Crippen LogP) is 0.184. The quantitative estimate of drug-likeness (QED) is 0.800. The van der Waals surface area contributed by atoms with Crippen molar-refractivity contribution in [3.05, 3.63) is 0 Å². The molecule has 116 valence electrons. The van der Waals surface area contributed by atoms with Crippen molar-refractivity contribution in [2.45, 2.75) is 25.8 Å². The smallest absolute Gasteiger partial charge is 0.320 e. The molecule has 1 atom stereocenters. The highest BCUT2D eigenvalue weighted by Gasteiger charge is 2.28. The summed E-state index contributed by atoms with van der Waals surface area (Å²) in [5.74, 6) is 0. The fourth-order valence-corrected chi connectivity index (χ4v) is 3.07. The number of amides is 2. The molecule has 2 N–H and O–H groups in total. The van der Waals surface area contributed by atoms with Gasteiger partial charge in [-0.1, -0.05) is 6.92 Å². The topological polar surface area (TPSA) is 62.0 Å². The molecule has 2 saturated heterocycles. The Balaban J connectivity index is 1.79. The average molecular weight is 284 g/mol. The lowest BCUT2D eigenvalue weighted by Crippen LogP contribution is -2.56. The number of nitrogens with zero attached hydrogens (tertiary/aromatic N) is 3. The first-order valence-corrected chi connectivity index (χ1v) is 7.82. The Morgan fingerprint density at radius 3 is 2.25 bits per heavy atom. The average Bonchev–Trinajstić information content (AvgIpc) is 2.53. The second kappa shape index (κ2) is 7.81. The summed E-state index contributed by atoms with van der Waals surface area (Å²) in [4.78, 5) is 18.8. The van der Waals surface area contributed by atoms with Crippen molar-refractivity contribution in [1.82, 2.24) is 14.7 Å². The molecule has 2 aliphatic rings. The molecule has 1 unspecified atom stereocenters. The molecule has 20 heavy (non-hydrogen) atoms. The summed E-state index contributed by atoms with van der Waals surface area (Å²) in [5, 5.41) is 0. The Morgan fingerprint density at radius 2 is 1.70 bits per heavy atom. The first-order chi connectivity index (χ1) is 9.76. The van der Waals surface area contributed by atoms with E-state index in [-0.39, 0.29) is 6.03 Å². The Bertz CT molecular complexity index is 300. The van der Waals surface area contributed by atoms with Gasteiger partial charge in [-0.25, -0.2) is 4.79 Å². The summed E-state index contributed by atoms with van der Waals surface area (Å²) in [6.07, 6.45) is 2.18. The third-order valence-electron chi connectivity index (χ3n) is 4.35. The third kappa shape index (κ3) is 3.84. The van der Waals surface area contributed by atoms with Crippen molar-refractivity contribution in [2.75, 3.05) is 59.0 Å². The van der Waals surface area contributed by atoms with Gasteiger partial charge >= 0.3 is 6.03 Å². The molecule has 0 spiro atoms. The van der Waals surface area contributed by atoms with Crippen LogP contribution < -0.4 is 5.73 Å². The molecule has 2 rings (SSSR count). The van der Waals surface area contributed by atoms with Crippen LogP contribution in [0.2, 0.25) is 0 Å². The van der Waals surface area contributed by atoms with Crippen molar-refractivity contribution in [2.24, 2.45) is 5.73 Å². The number of hydrogen-bond donors (Lipinski definition) is 1. The molecule has 0 aromatic heterocycles. The van der Waals surface area contributed by atoms with E-state index in [9.17, 15) is 4.79 Å². The van der Waals surface area contributed by atoms with E-state index in [4.69, 9.17) is 10.5 Å². The van der Waals surface area contributed by atoms with Crippen LogP contribution in [-0.4, -0.2) is 85.8 Å². The zero-order valence-electron chi connectivity index (χ0n) is 12.6. The summed E-state index contributed by atoms with van der Waals surface area (Å²) in [5.41, 5.74) is 5.67. The molecular weight excluding hydrogens is 256 g/mol. The zero-order valence-corrected chi connectivity index (χ0v) is 12.6. The number of nitrogens with two attached hydrogens (primary N) is 1. The number of piperazine rings is 1. The van der Waals surface area contributed by atoms with Crippen LogP contribution in [0.25, 0.3) is 0 Å². The van der Waals surface area contributed by atoms with Gasteiger partial charge in [-0.3, -0.25) is 4.90 Å². The molecule has 2 fully saturated rings. The number of morpholine rings is 1. The van der Waals surface area contributed by atoms with Gasteiger partial charge in [0.25, 0.3) is 0 Å². The lowest BCUT2D eigenvalue weighted by molar-refractivity contribution is 0.0342. The monoisotopic (exact) mass is 284 g/mol. The van der Waals surface area contributed by atoms with Crippen LogP contribution in [0.5, 0.6) is 0 Å². The van der Waals surface area contributed by atoms with E-state index in [2.05, 4.69) is 11.8 Å². The molecule has 0 aromatic carbocycles. The van der Waals surface area contributed by atoms with E-state index in [0.717, 1.165) is 58.7 Å². The van der Waals surface area contributed by atoms with Gasteiger partial charge in [0.1, 0.15) is 0 Å². The molecule has 0 saturated carbocycles. The van der Waals surface area contributed by atoms with Gasteiger partial charge < -0.3 is 20.3 Å². The fourth-order valence-electron chi connectivity index (χ4n) is 3.07. The van der Waals surface area contributed by atoms with Gasteiger partial charge in [0, 0.05) is 45.3 Å². The Morgan fingerprint density at radius 1 is 1.10 bits per heavy atom. The molecule has 6 heteroatoms. The van der Waals surface area contributed by atoms with E-state index in [1.54, 1.807) is 0 Å². The fraction of sp³-hybridized carbons (Fsp3) is 0.929. The minimum Gasteiger partial charge on any atom is -0.378 e. The van der Waals surface area contributed by atoms with Crippen molar-refractivity contribution in [1.29, 1.82) is 0 Å². The highest BCUT2D eigenvalue weighted by Crippen LogP contribution is 2.13. The van der Waals surface area contributed by atoms with Crippen LogP contribution in [0.15, 0.2) is 0 Å². The number of carbonyl (C=O) groups is 1. The van der Waals surface area contributed by atoms with Crippen molar-refractivity contribution < 1.29 is 9.53 Å². The van der Waals surface area contributed by atoms with Crippen molar-refractivity contribution >= 4 is 6.03 Å². The molecule has 2 heterocycles. The Hall–Kier alpha value is -0.850. The van der Waals surface area contributed by atoms with Crippen LogP contribution >= 0.6 is 0 Å². The molecule has 2 aliphatic heterocycles. The molecule has 0 radical (unpaired) electrons. The Labute approximate surface area is 121 Å². The van der Waals surface area contributed by atoms with Gasteiger partial charge in [-0.15, -0.1) is 0 Å². The van der Waals surface area contributed by atoms with E-state index in [1.807, 2.05) is 9.80 Å². The second-order valence-electron chi connectivity index (χ2n) is 5.54. The maximum Gasteiger partial charge on any atom is 0.320 e. The first-order valence-electron chi connectivity index (χ1n) is 7.82. The summed E-state index contributed by atoms with van der Waals surface area (Å²) >= 11 is 0. The third-order valence-corrected chi connectivity index (χ3v) is 4.35. The van der Waals surface area contributed by atoms with Crippen molar-refractivity contribution in [3.63, 3.8) is 0 Å². The summed E-state index contributed by atoms with van der Waals surface area (Å²) in [6.45, 7) is 9.34. The van der Waals surface area contributed by atoms with Crippen LogP contribution in [0.4, 0.5) is 4.79 Å². The van der Waals surface area contributed by atoms with E-state index >= 15 is 0 Å². The van der Waals surface area contributed by atoms with Crippen LogP contribution in [-0.2, 0) is 4.74 Å². The normalized spacial score (nSPS) is 22.9. The summed E-state index contributed by atoms with van der Waals surface area (Å²) in [7, 11) is 0. The summed E-state index contributed by atoms with van der Waals surface area (Å²) < 4.78 is 5.29. The molecular formula is C14H28N4O2. The minimum atomic E-state index is 0.180. The van der Waals surface area contributed by atoms with E-state index in [1.165, 1.54) is 0 Å². The van der Waals surface area contributed by atoms with Crippen LogP contribution in [0.1, 0.15) is 19.8 Å². The number of ether oxygens (including phenoxy) is 1. The van der Waals surface area contributed by atoms with Crippen LogP contribution in [0.3, 0.4) is 0 Å². The maximum absolute atomic E-state index is 12.4. The SMILES string of the molecule is CCC(CCN)N1CCN(C(=O)N2CCOCC2)CC1. The van der Waals surface area contributed by atoms with Crippen molar-refractivity contribution in [3.8, 4) is 0 Å². The highest BCUT2D eigenvalue weighted by molar-refractivity contribution is 5.74. The molecule has 2 amide bonds. The number of rotatable bonds is 4. The second-order valence-corrected chi connectivity index (χ2v) is 5.54. The lowest BCUT2D eigenvalue weighted by atomic mass is 10.1. The van der Waals surface area contributed by atoms with Gasteiger partial charge in [-0.05, 0) is 19.4 Å². The largest absolute Gasteiger partial charge is 0.378 e. The number of hydrogen-bond acceptors (Lipinski definition) is 4. The summed E-state index contributed by atoms with van der Waals surface area (Å²) in [6, 6.07) is 0.750. The molecule has 0 aliphatic carbocycles. The number of carbonyl (C=O) groups excluding carboxylic acids is 1. The van der Waals surface area contributed by atoms with Gasteiger partial charge in [0.15, 0.2) is 0 Å². The van der Waals surface area contributed by atoms with Gasteiger partial charge in [-0.2, -0.15) is 0 Å². The minimum absolute atomic E-state index is 0.180. The standard InChI is InChI=1S/C14H28N4O2/c1-2-13(3-4-15)16-5-7-17(8-6-16)14(19)18-9-11-20-12-10-18/h13H,2-12,15H2,1H3. The first kappa shape index (κ1) is 15.5. The zero-order chi connectivity index (χ0) is 14.4. The maximum atomic E-state index is 12.4. The van der Waals surface area contributed by atoms with Crippen LogP contribution in [0, 0.1) is 0 Å².